The molecule has 8 heteroatoms. The summed E-state index contributed by atoms with van der Waals surface area (Å²) in [6.45, 7) is 6.04. The number of unbranched alkanes of at least 4 members (excludes halogenated alkanes) is 10. The molecule has 0 amide bonds. The molecule has 2 rings (SSSR count). The van der Waals surface area contributed by atoms with E-state index < -0.39 is 36.8 Å². The number of aromatic nitrogens is 2. The predicted octanol–water partition coefficient (Wildman–Crippen LogP) is 8.84. The standard InChI is InChI=1S/C22H34N2O2S2.6CH3.2Sn/c1-3-5-7-9-11-13-15-25-21-19(27-17-23-21)20-22(24-18-28-20)26-16-14-12-10-8-6-4-2;;;;;;;;/h3-16H2,1-2H3;6*1H3;;. The van der Waals surface area contributed by atoms with Crippen LogP contribution in [0, 0.1) is 0 Å². The second-order valence-corrected chi connectivity index (χ2v) is 44.5. The van der Waals surface area contributed by atoms with Gasteiger partial charge in [0.05, 0.1) is 0 Å². The molecule has 0 aliphatic rings. The van der Waals surface area contributed by atoms with Crippen LogP contribution in [-0.4, -0.2) is 59.9 Å². The molecule has 0 fully saturated rings. The topological polar surface area (TPSA) is 44.2 Å². The zero-order valence-electron chi connectivity index (χ0n) is 24.4. The second-order valence-electron chi connectivity index (χ2n) is 12.0. The van der Waals surface area contributed by atoms with Crippen molar-refractivity contribution >= 4 is 65.5 Å². The van der Waals surface area contributed by atoms with Crippen molar-refractivity contribution in [1.29, 1.82) is 0 Å². The zero-order chi connectivity index (χ0) is 26.6. The minimum atomic E-state index is -2.35. The first-order valence-corrected chi connectivity index (χ1v) is 36.0. The fourth-order valence-electron chi connectivity index (χ4n) is 3.84. The van der Waals surface area contributed by atoms with Gasteiger partial charge in [-0.3, -0.25) is 0 Å². The Morgan fingerprint density at radius 2 is 0.861 bits per heavy atom. The molecule has 0 aliphatic heterocycles. The van der Waals surface area contributed by atoms with E-state index in [1.165, 1.54) is 80.0 Å². The molecule has 0 bridgehead atoms. The molecule has 2 aromatic rings. The summed E-state index contributed by atoms with van der Waals surface area (Å²) < 4.78 is 15.4. The fourth-order valence-corrected chi connectivity index (χ4v) is 15.6. The summed E-state index contributed by atoms with van der Waals surface area (Å²) >= 11 is -0.978. The van der Waals surface area contributed by atoms with Gasteiger partial charge < -0.3 is 0 Å². The van der Waals surface area contributed by atoms with Crippen molar-refractivity contribution in [3.63, 3.8) is 0 Å². The summed E-state index contributed by atoms with van der Waals surface area (Å²) in [6.07, 6.45) is 15.2. The van der Waals surface area contributed by atoms with Gasteiger partial charge in [-0.25, -0.2) is 0 Å². The van der Waals surface area contributed by atoms with Crippen LogP contribution in [0.2, 0.25) is 29.6 Å². The number of rotatable bonds is 19. The van der Waals surface area contributed by atoms with Crippen LogP contribution in [0.1, 0.15) is 90.9 Å². The molecular formula is C28H52N2O2S2Sn2. The van der Waals surface area contributed by atoms with Gasteiger partial charge in [0, 0.05) is 0 Å². The van der Waals surface area contributed by atoms with Crippen molar-refractivity contribution in [1.82, 2.24) is 9.97 Å². The van der Waals surface area contributed by atoms with Crippen LogP contribution >= 0.6 is 22.7 Å². The molecule has 36 heavy (non-hydrogen) atoms. The van der Waals surface area contributed by atoms with Crippen LogP contribution in [-0.2, 0) is 0 Å². The van der Waals surface area contributed by atoms with Crippen molar-refractivity contribution in [3.8, 4) is 21.5 Å². The van der Waals surface area contributed by atoms with E-state index in [-0.39, 0.29) is 0 Å². The molecular weight excluding hydrogens is 698 g/mol. The average Bonchev–Trinajstić information content (AvgIpc) is 3.42. The summed E-state index contributed by atoms with van der Waals surface area (Å²) in [5.74, 6) is 1.66. The molecule has 0 N–H and O–H groups in total. The Labute approximate surface area is 238 Å². The molecule has 2 heterocycles. The van der Waals surface area contributed by atoms with Crippen molar-refractivity contribution in [2.24, 2.45) is 0 Å². The molecule has 2 aromatic heterocycles. The summed E-state index contributed by atoms with van der Waals surface area (Å²) in [6, 6.07) is 0. The third kappa shape index (κ3) is 11.3. The Morgan fingerprint density at radius 1 is 0.528 bits per heavy atom. The van der Waals surface area contributed by atoms with Crippen LogP contribution in [0.3, 0.4) is 0 Å². The van der Waals surface area contributed by atoms with E-state index >= 15 is 0 Å². The van der Waals surface area contributed by atoms with Gasteiger partial charge in [0.15, 0.2) is 0 Å². The summed E-state index contributed by atoms with van der Waals surface area (Å²) in [5, 5.41) is 0. The van der Waals surface area contributed by atoms with Crippen LogP contribution in [0.25, 0.3) is 9.75 Å². The Kier molecular flexibility index (Phi) is 15.0. The molecule has 4 nitrogen and oxygen atoms in total. The van der Waals surface area contributed by atoms with Crippen LogP contribution in [0.15, 0.2) is 0 Å². The quantitative estimate of drug-likeness (QED) is 0.106. The minimum absolute atomic E-state index is 0.750. The number of hydrogen-bond donors (Lipinski definition) is 0. The number of thiazole rings is 2. The Morgan fingerprint density at radius 3 is 1.19 bits per heavy atom. The third-order valence-electron chi connectivity index (χ3n) is 6.15. The van der Waals surface area contributed by atoms with Crippen molar-refractivity contribution in [2.75, 3.05) is 13.2 Å². The van der Waals surface area contributed by atoms with E-state index in [1.54, 1.807) is 0 Å². The molecule has 0 saturated heterocycles. The first-order chi connectivity index (χ1) is 17.1. The molecule has 0 unspecified atom stereocenters. The number of nitrogens with zero attached hydrogens (tertiary/aromatic N) is 2. The third-order valence-corrected chi connectivity index (χ3v) is 25.9. The fraction of sp³-hybridized carbons (Fsp3) is 0.786. The summed E-state index contributed by atoms with van der Waals surface area (Å²) in [7, 11) is 0. The SMILES string of the molecule is CCCCCCCCOc1n[c]([Sn]([CH3])([CH3])[CH3])sc1-c1s[c]([Sn]([CH3])([CH3])[CH3])nc1OCCCCCCCC. The van der Waals surface area contributed by atoms with E-state index in [1.807, 2.05) is 22.7 Å². The summed E-state index contributed by atoms with van der Waals surface area (Å²) in [5.41, 5.74) is 0. The van der Waals surface area contributed by atoms with Gasteiger partial charge in [-0.05, 0) is 0 Å². The molecule has 0 radical (unpaired) electrons. The normalized spacial score (nSPS) is 12.3. The number of ether oxygens (including phenoxy) is 2. The summed E-state index contributed by atoms with van der Waals surface area (Å²) in [4.78, 5) is 27.1. The van der Waals surface area contributed by atoms with Gasteiger partial charge >= 0.3 is 240 Å². The van der Waals surface area contributed by atoms with Crippen LogP contribution in [0.4, 0.5) is 0 Å². The van der Waals surface area contributed by atoms with Gasteiger partial charge in [-0.2, -0.15) is 0 Å². The van der Waals surface area contributed by atoms with Gasteiger partial charge in [-0.1, -0.05) is 0 Å². The Balaban J connectivity index is 2.19. The zero-order valence-corrected chi connectivity index (χ0v) is 31.8. The Bertz CT molecular complexity index is 813. The van der Waals surface area contributed by atoms with E-state index in [9.17, 15) is 0 Å². The van der Waals surface area contributed by atoms with E-state index in [4.69, 9.17) is 19.4 Å². The molecule has 0 aromatic carbocycles. The average molecular weight is 750 g/mol. The van der Waals surface area contributed by atoms with Crippen LogP contribution < -0.4 is 15.5 Å². The molecule has 0 atom stereocenters. The van der Waals surface area contributed by atoms with Crippen molar-refractivity contribution < 1.29 is 9.47 Å². The monoisotopic (exact) mass is 752 g/mol. The van der Waals surface area contributed by atoms with Gasteiger partial charge in [0.25, 0.3) is 0 Å². The molecule has 0 spiro atoms. The predicted molar refractivity (Wildman–Crippen MR) is 167 cm³/mol. The van der Waals surface area contributed by atoms with E-state index in [0.717, 1.165) is 37.8 Å². The maximum absolute atomic E-state index is 6.38. The van der Waals surface area contributed by atoms with Crippen LogP contribution in [0.5, 0.6) is 11.8 Å². The Hall–Kier alpha value is 0.457. The molecule has 206 valence electrons. The van der Waals surface area contributed by atoms with E-state index in [2.05, 4.69) is 43.5 Å². The first-order valence-electron chi connectivity index (χ1n) is 14.4. The second kappa shape index (κ2) is 16.5. The van der Waals surface area contributed by atoms with Gasteiger partial charge in [0.1, 0.15) is 0 Å². The number of hydrogen-bond acceptors (Lipinski definition) is 6. The molecule has 0 saturated carbocycles. The molecule has 0 aliphatic carbocycles. The van der Waals surface area contributed by atoms with E-state index in [0.29, 0.717) is 0 Å². The first kappa shape index (κ1) is 32.7. The van der Waals surface area contributed by atoms with Crippen molar-refractivity contribution in [2.45, 2.75) is 121 Å². The van der Waals surface area contributed by atoms with Crippen molar-refractivity contribution in [3.05, 3.63) is 0 Å². The maximum atomic E-state index is 6.38. The van der Waals surface area contributed by atoms with Gasteiger partial charge in [0.2, 0.25) is 0 Å². The van der Waals surface area contributed by atoms with Gasteiger partial charge in [-0.15, -0.1) is 0 Å².